The van der Waals surface area contributed by atoms with Crippen LogP contribution in [-0.2, 0) is 6.61 Å². The molecular weight excluding hydrogens is 540 g/mol. The first kappa shape index (κ1) is 22.2. The number of carbonyl (C=O) groups excluding carboxylic acids is 2. The molecule has 0 fully saturated rings. The number of imide groups is 1. The van der Waals surface area contributed by atoms with Crippen LogP contribution >= 0.6 is 31.9 Å². The van der Waals surface area contributed by atoms with E-state index in [-0.39, 0.29) is 0 Å². The van der Waals surface area contributed by atoms with Crippen molar-refractivity contribution in [3.63, 3.8) is 0 Å². The number of amides is 2. The van der Waals surface area contributed by atoms with Crippen LogP contribution in [0.3, 0.4) is 0 Å². The van der Waals surface area contributed by atoms with Crippen molar-refractivity contribution in [3.8, 4) is 11.5 Å². The number of benzene rings is 3. The molecule has 2 amide bonds. The van der Waals surface area contributed by atoms with E-state index >= 15 is 0 Å². The Bertz CT molecular complexity index is 1170. The number of hydrazone groups is 1. The minimum atomic E-state index is -0.447. The molecule has 0 saturated carbocycles. The van der Waals surface area contributed by atoms with Crippen LogP contribution in [0.1, 0.15) is 38.8 Å². The monoisotopic (exact) mass is 556 g/mol. The summed E-state index contributed by atoms with van der Waals surface area (Å²) < 4.78 is 13.4. The summed E-state index contributed by atoms with van der Waals surface area (Å²) in [4.78, 5) is 25.0. The molecule has 3 aromatic rings. The number of halogens is 2. The molecule has 1 heterocycles. The number of carbonyl (C=O) groups is 2. The molecule has 0 unspecified atom stereocenters. The summed E-state index contributed by atoms with van der Waals surface area (Å²) in [6.07, 6.45) is 1.45. The molecule has 1 aliphatic heterocycles. The van der Waals surface area contributed by atoms with Crippen LogP contribution in [0.2, 0.25) is 0 Å². The lowest BCUT2D eigenvalue weighted by Crippen LogP contribution is -2.24. The number of ether oxygens (including phenoxy) is 2. The molecule has 0 radical (unpaired) electrons. The second kappa shape index (κ2) is 9.67. The zero-order chi connectivity index (χ0) is 22.7. The maximum absolute atomic E-state index is 12.5. The van der Waals surface area contributed by atoms with E-state index in [1.165, 1.54) is 6.21 Å². The van der Waals surface area contributed by atoms with Gasteiger partial charge in [-0.1, -0.05) is 40.2 Å². The van der Waals surface area contributed by atoms with Crippen LogP contribution < -0.4 is 9.47 Å². The normalized spacial score (nSPS) is 13.0. The van der Waals surface area contributed by atoms with Crippen molar-refractivity contribution in [2.24, 2.45) is 5.10 Å². The lowest BCUT2D eigenvalue weighted by molar-refractivity contribution is 0.0660. The standard InChI is InChI=1S/C24H18Br2N2O4/c1-2-31-21-11-16(13-27-28-23(29)18-5-3-4-6-19(18)24(28)30)20(26)12-22(21)32-14-15-7-9-17(25)10-8-15/h3-13H,2,14H2,1H3/b27-13-. The summed E-state index contributed by atoms with van der Waals surface area (Å²) in [7, 11) is 0. The van der Waals surface area contributed by atoms with Crippen molar-refractivity contribution in [1.82, 2.24) is 5.01 Å². The topological polar surface area (TPSA) is 68.2 Å². The molecule has 4 rings (SSSR count). The van der Waals surface area contributed by atoms with Crippen molar-refractivity contribution in [2.75, 3.05) is 6.61 Å². The molecule has 0 spiro atoms. The lowest BCUT2D eigenvalue weighted by atomic mass is 10.1. The minimum Gasteiger partial charge on any atom is -0.490 e. The van der Waals surface area contributed by atoms with Crippen molar-refractivity contribution in [1.29, 1.82) is 0 Å². The van der Waals surface area contributed by atoms with Crippen molar-refractivity contribution < 1.29 is 19.1 Å². The van der Waals surface area contributed by atoms with Gasteiger partial charge in [0, 0.05) is 14.5 Å². The van der Waals surface area contributed by atoms with Gasteiger partial charge >= 0.3 is 0 Å². The third-order valence-corrected chi connectivity index (χ3v) is 5.97. The fourth-order valence-corrected chi connectivity index (χ4v) is 3.86. The molecule has 3 aromatic carbocycles. The van der Waals surface area contributed by atoms with E-state index in [9.17, 15) is 9.59 Å². The van der Waals surface area contributed by atoms with Crippen LogP contribution in [0.15, 0.2) is 74.7 Å². The van der Waals surface area contributed by atoms with Gasteiger partial charge in [0.15, 0.2) is 11.5 Å². The largest absolute Gasteiger partial charge is 0.490 e. The summed E-state index contributed by atoms with van der Waals surface area (Å²) in [5.74, 6) is 0.214. The molecule has 0 aliphatic carbocycles. The molecule has 1 aliphatic rings. The van der Waals surface area contributed by atoms with Gasteiger partial charge in [-0.25, -0.2) is 0 Å². The number of rotatable bonds is 7. The Labute approximate surface area is 202 Å². The quantitative estimate of drug-likeness (QED) is 0.271. The van der Waals surface area contributed by atoms with E-state index in [1.54, 1.807) is 36.4 Å². The predicted molar refractivity (Wildman–Crippen MR) is 128 cm³/mol. The van der Waals surface area contributed by atoms with Crippen molar-refractivity contribution >= 4 is 49.9 Å². The zero-order valence-corrected chi connectivity index (χ0v) is 20.2. The van der Waals surface area contributed by atoms with Gasteiger partial charge in [-0.05, 0) is 64.8 Å². The van der Waals surface area contributed by atoms with Gasteiger partial charge in [-0.3, -0.25) is 9.59 Å². The third-order valence-electron chi connectivity index (χ3n) is 4.76. The Morgan fingerprint density at radius 2 is 1.53 bits per heavy atom. The highest BCUT2D eigenvalue weighted by Crippen LogP contribution is 2.34. The van der Waals surface area contributed by atoms with E-state index in [2.05, 4.69) is 37.0 Å². The fourth-order valence-electron chi connectivity index (χ4n) is 3.17. The van der Waals surface area contributed by atoms with Gasteiger partial charge in [0.25, 0.3) is 11.8 Å². The highest BCUT2D eigenvalue weighted by Gasteiger charge is 2.35. The van der Waals surface area contributed by atoms with Gasteiger partial charge in [-0.15, -0.1) is 0 Å². The maximum atomic E-state index is 12.5. The Kier molecular flexibility index (Phi) is 6.72. The Morgan fingerprint density at radius 1 is 0.906 bits per heavy atom. The van der Waals surface area contributed by atoms with Crippen LogP contribution in [0.25, 0.3) is 0 Å². The van der Waals surface area contributed by atoms with Gasteiger partial charge in [0.05, 0.1) is 23.9 Å². The van der Waals surface area contributed by atoms with Gasteiger partial charge in [0.1, 0.15) is 6.61 Å². The lowest BCUT2D eigenvalue weighted by Gasteiger charge is -2.14. The summed E-state index contributed by atoms with van der Waals surface area (Å²) in [5.41, 5.74) is 2.35. The molecule has 0 bridgehead atoms. The molecule has 0 saturated heterocycles. The Balaban J connectivity index is 1.56. The average Bonchev–Trinajstić information content (AvgIpc) is 3.04. The molecule has 162 valence electrons. The second-order valence-electron chi connectivity index (χ2n) is 6.88. The summed E-state index contributed by atoms with van der Waals surface area (Å²) in [5, 5.41) is 5.01. The molecule has 32 heavy (non-hydrogen) atoms. The summed E-state index contributed by atoms with van der Waals surface area (Å²) in [6, 6.07) is 18.1. The number of fused-ring (bicyclic) bond motifs is 1. The van der Waals surface area contributed by atoms with Crippen LogP contribution in [0, 0.1) is 0 Å². The van der Waals surface area contributed by atoms with Crippen LogP contribution in [0.5, 0.6) is 11.5 Å². The highest BCUT2D eigenvalue weighted by molar-refractivity contribution is 9.10. The summed E-state index contributed by atoms with van der Waals surface area (Å²) in [6.45, 7) is 2.71. The smallest absolute Gasteiger partial charge is 0.282 e. The predicted octanol–water partition coefficient (Wildman–Crippen LogP) is 5.82. The molecule has 0 N–H and O–H groups in total. The van der Waals surface area contributed by atoms with E-state index in [1.807, 2.05) is 31.2 Å². The first-order chi connectivity index (χ1) is 15.5. The molecule has 6 nitrogen and oxygen atoms in total. The molecule has 0 aromatic heterocycles. The summed E-state index contributed by atoms with van der Waals surface area (Å²) >= 11 is 6.94. The van der Waals surface area contributed by atoms with Crippen molar-refractivity contribution in [2.45, 2.75) is 13.5 Å². The van der Waals surface area contributed by atoms with Crippen molar-refractivity contribution in [3.05, 3.63) is 91.9 Å². The third kappa shape index (κ3) is 4.61. The van der Waals surface area contributed by atoms with E-state index in [0.717, 1.165) is 15.0 Å². The maximum Gasteiger partial charge on any atom is 0.282 e. The van der Waals surface area contributed by atoms with Gasteiger partial charge in [-0.2, -0.15) is 10.1 Å². The average molecular weight is 558 g/mol. The minimum absolute atomic E-state index is 0.348. The molecular formula is C24H18Br2N2O4. The zero-order valence-electron chi connectivity index (χ0n) is 17.0. The van der Waals surface area contributed by atoms with E-state index in [0.29, 0.717) is 45.9 Å². The second-order valence-corrected chi connectivity index (χ2v) is 8.65. The highest BCUT2D eigenvalue weighted by atomic mass is 79.9. The number of nitrogens with zero attached hydrogens (tertiary/aromatic N) is 2. The number of hydrogen-bond donors (Lipinski definition) is 0. The Hall–Kier alpha value is -2.97. The molecule has 8 heteroatoms. The van der Waals surface area contributed by atoms with Gasteiger partial charge in [0.2, 0.25) is 0 Å². The van der Waals surface area contributed by atoms with E-state index in [4.69, 9.17) is 9.47 Å². The van der Waals surface area contributed by atoms with E-state index < -0.39 is 11.8 Å². The van der Waals surface area contributed by atoms with Gasteiger partial charge < -0.3 is 9.47 Å². The van der Waals surface area contributed by atoms with Crippen LogP contribution in [0.4, 0.5) is 0 Å². The number of hydrogen-bond acceptors (Lipinski definition) is 5. The SMILES string of the molecule is CCOc1cc(/C=N\N2C(=O)c3ccccc3C2=O)c(Br)cc1OCc1ccc(Br)cc1. The first-order valence-electron chi connectivity index (χ1n) is 9.83. The fraction of sp³-hybridized carbons (Fsp3) is 0.125. The van der Waals surface area contributed by atoms with Crippen LogP contribution in [-0.4, -0.2) is 29.6 Å². The first-order valence-corrected chi connectivity index (χ1v) is 11.4. The Morgan fingerprint density at radius 3 is 2.16 bits per heavy atom. The molecule has 0 atom stereocenters.